The fourth-order valence-electron chi connectivity index (χ4n) is 2.50. The van der Waals surface area contributed by atoms with E-state index in [2.05, 4.69) is 95.7 Å². The molecular formula is C31H41N5O2S. The highest BCUT2D eigenvalue weighted by Gasteiger charge is 1.94. The molecule has 0 aliphatic carbocycles. The van der Waals surface area contributed by atoms with Crippen LogP contribution < -0.4 is 21.7 Å². The van der Waals surface area contributed by atoms with Gasteiger partial charge < -0.3 is 20.4 Å². The first-order chi connectivity index (χ1) is 19.1. The van der Waals surface area contributed by atoms with Gasteiger partial charge in [-0.1, -0.05) is 59.9 Å². The first-order valence-corrected chi connectivity index (χ1v) is 12.8. The summed E-state index contributed by atoms with van der Waals surface area (Å²) in [6, 6.07) is 16.5. The number of nitrogens with zero attached hydrogens (tertiary/aromatic N) is 1. The van der Waals surface area contributed by atoms with Gasteiger partial charge in [0.05, 0.1) is 6.54 Å². The van der Waals surface area contributed by atoms with Crippen LogP contribution in [0.25, 0.3) is 0 Å². The Morgan fingerprint density at radius 1 is 1.08 bits per heavy atom. The van der Waals surface area contributed by atoms with Gasteiger partial charge >= 0.3 is 0 Å². The van der Waals surface area contributed by atoms with E-state index in [1.807, 2.05) is 74.7 Å². The first kappa shape index (κ1) is 37.0. The zero-order valence-electron chi connectivity index (χ0n) is 23.1. The van der Waals surface area contributed by atoms with E-state index in [1.54, 1.807) is 6.26 Å². The van der Waals surface area contributed by atoms with Crippen molar-refractivity contribution in [3.63, 3.8) is 0 Å². The van der Waals surface area contributed by atoms with Crippen LogP contribution in [0.5, 0.6) is 0 Å². The molecule has 0 heterocycles. The molecule has 0 saturated carbocycles. The predicted molar refractivity (Wildman–Crippen MR) is 171 cm³/mol. The molecule has 39 heavy (non-hydrogen) atoms. The zero-order chi connectivity index (χ0) is 29.6. The molecule has 0 spiro atoms. The molecule has 2 aromatic rings. The molecule has 208 valence electrons. The molecule has 7 nitrogen and oxygen atoms in total. The summed E-state index contributed by atoms with van der Waals surface area (Å²) < 4.78 is 0. The number of anilines is 1. The summed E-state index contributed by atoms with van der Waals surface area (Å²) in [5, 5.41) is 0. The van der Waals surface area contributed by atoms with Crippen molar-refractivity contribution in [3.05, 3.63) is 114 Å². The minimum atomic E-state index is 0.222. The Bertz CT molecular complexity index is 1060. The van der Waals surface area contributed by atoms with Crippen LogP contribution in [-0.4, -0.2) is 39.6 Å². The number of hydrogen-bond acceptors (Lipinski definition) is 8. The number of aryl methyl sites for hydroxylation is 1. The van der Waals surface area contributed by atoms with Gasteiger partial charge in [-0.2, -0.15) is 12.6 Å². The number of hydrogen-bond donors (Lipinski definition) is 5. The first-order valence-electron chi connectivity index (χ1n) is 12.0. The van der Waals surface area contributed by atoms with E-state index in [9.17, 15) is 4.79 Å². The molecule has 0 aliphatic heterocycles. The Morgan fingerprint density at radius 3 is 2.28 bits per heavy atom. The summed E-state index contributed by atoms with van der Waals surface area (Å²) in [6.07, 6.45) is 14.8. The molecule has 2 rings (SSSR count). The Morgan fingerprint density at radius 2 is 1.74 bits per heavy atom. The van der Waals surface area contributed by atoms with Gasteiger partial charge in [0.1, 0.15) is 13.1 Å². The number of allylic oxidation sites excluding steroid dienone is 6. The van der Waals surface area contributed by atoms with Gasteiger partial charge in [-0.05, 0) is 68.3 Å². The number of rotatable bonds is 12. The number of carbonyl (C=O) groups excluding carboxylic acids is 2. The second kappa shape index (κ2) is 28.4. The van der Waals surface area contributed by atoms with Crippen LogP contribution in [0.15, 0.2) is 102 Å². The van der Waals surface area contributed by atoms with Gasteiger partial charge in [-0.15, -0.1) is 6.58 Å². The van der Waals surface area contributed by atoms with E-state index in [4.69, 9.17) is 4.79 Å². The lowest BCUT2D eigenvalue weighted by Crippen LogP contribution is -2.20. The SMILES string of the molecule is C=CC\C=C/C(C#Cc1ccc(NNCc2ccc(C)cc2)cc1)=C\C=C\NNC.C=NCC=O.C=O.CS. The standard InChI is InChI=1S/C26H30N4.C3H5NO.CH2O.CH4S/c1-4-5-6-8-23(9-7-20-28-27-3)14-15-24-16-18-26(19-17-24)30-29-21-25-12-10-22(2)11-13-25;1-4-2-3-5;2*1-2/h4,6-13,16-20,27-30H,1,5,21H2,2-3H3;3H,1-2H2;1H2;2H,1H3/b8-6-,20-7+,23-9+;;;. The third kappa shape index (κ3) is 21.6. The molecule has 0 amide bonds. The third-order valence-electron chi connectivity index (χ3n) is 4.29. The van der Waals surface area contributed by atoms with Crippen LogP contribution in [0.3, 0.4) is 0 Å². The van der Waals surface area contributed by atoms with Gasteiger partial charge in [0, 0.05) is 36.6 Å². The van der Waals surface area contributed by atoms with Gasteiger partial charge in [-0.3, -0.25) is 4.99 Å². The van der Waals surface area contributed by atoms with E-state index < -0.39 is 0 Å². The number of aldehydes is 1. The minimum Gasteiger partial charge on any atom is -0.329 e. The van der Waals surface area contributed by atoms with Crippen LogP contribution in [0.4, 0.5) is 5.69 Å². The van der Waals surface area contributed by atoms with E-state index in [0.717, 1.165) is 29.8 Å². The summed E-state index contributed by atoms with van der Waals surface area (Å²) >= 11 is 3.53. The van der Waals surface area contributed by atoms with Crippen molar-refractivity contribution in [2.75, 3.05) is 25.3 Å². The quantitative estimate of drug-likeness (QED) is 0.0488. The van der Waals surface area contributed by atoms with E-state index in [0.29, 0.717) is 6.29 Å². The van der Waals surface area contributed by atoms with Crippen molar-refractivity contribution in [3.8, 4) is 11.8 Å². The van der Waals surface area contributed by atoms with Crippen LogP contribution in [-0.2, 0) is 16.1 Å². The number of nitrogens with one attached hydrogen (secondary N) is 4. The van der Waals surface area contributed by atoms with E-state index in [1.165, 1.54) is 11.1 Å². The molecule has 0 fully saturated rings. The molecule has 8 heteroatoms. The normalized spacial score (nSPS) is 9.79. The van der Waals surface area contributed by atoms with E-state index >= 15 is 0 Å². The summed E-state index contributed by atoms with van der Waals surface area (Å²) in [4.78, 5) is 20.5. The number of carbonyl (C=O) groups is 2. The predicted octanol–water partition coefficient (Wildman–Crippen LogP) is 5.01. The lowest BCUT2D eigenvalue weighted by Gasteiger charge is -2.08. The maximum absolute atomic E-state index is 9.27. The molecule has 0 radical (unpaired) electrons. The molecule has 0 saturated heterocycles. The van der Waals surface area contributed by atoms with Crippen molar-refractivity contribution in [2.24, 2.45) is 4.99 Å². The van der Waals surface area contributed by atoms with Crippen LogP contribution in [0, 0.1) is 18.8 Å². The Labute approximate surface area is 239 Å². The summed E-state index contributed by atoms with van der Waals surface area (Å²) in [5.41, 5.74) is 17.6. The second-order valence-corrected chi connectivity index (χ2v) is 7.17. The molecule has 0 aromatic heterocycles. The molecular weight excluding hydrogens is 506 g/mol. The van der Waals surface area contributed by atoms with Crippen LogP contribution in [0.2, 0.25) is 0 Å². The highest BCUT2D eigenvalue weighted by molar-refractivity contribution is 7.79. The second-order valence-electron chi connectivity index (χ2n) is 7.17. The zero-order valence-corrected chi connectivity index (χ0v) is 24.0. The van der Waals surface area contributed by atoms with Gasteiger partial charge in [0.2, 0.25) is 0 Å². The van der Waals surface area contributed by atoms with Gasteiger partial charge in [-0.25, -0.2) is 10.9 Å². The smallest absolute Gasteiger partial charge is 0.141 e. The monoisotopic (exact) mass is 547 g/mol. The van der Waals surface area contributed by atoms with Crippen molar-refractivity contribution >= 4 is 38.1 Å². The highest BCUT2D eigenvalue weighted by atomic mass is 32.1. The molecule has 0 bridgehead atoms. The topological polar surface area (TPSA) is 94.6 Å². The summed E-state index contributed by atoms with van der Waals surface area (Å²) in [5.74, 6) is 6.43. The van der Waals surface area contributed by atoms with Crippen molar-refractivity contribution in [2.45, 2.75) is 19.9 Å². The fraction of sp³-hybridized carbons (Fsp3) is 0.194. The average Bonchev–Trinajstić information content (AvgIpc) is 2.98. The summed E-state index contributed by atoms with van der Waals surface area (Å²) in [6.45, 7) is 11.9. The van der Waals surface area contributed by atoms with Gasteiger partial charge in [0.15, 0.2) is 0 Å². The van der Waals surface area contributed by atoms with Crippen LogP contribution >= 0.6 is 12.6 Å². The number of thiol groups is 1. The lowest BCUT2D eigenvalue weighted by atomic mass is 10.1. The fourth-order valence-corrected chi connectivity index (χ4v) is 2.50. The Hall–Kier alpha value is -4.16. The molecule has 0 unspecified atom stereocenters. The Balaban J connectivity index is 0. The average molecular weight is 548 g/mol. The maximum Gasteiger partial charge on any atom is 0.141 e. The van der Waals surface area contributed by atoms with Crippen LogP contribution in [0.1, 0.15) is 23.1 Å². The summed E-state index contributed by atoms with van der Waals surface area (Å²) in [7, 11) is 1.81. The highest BCUT2D eigenvalue weighted by Crippen LogP contribution is 2.09. The number of benzene rings is 2. The largest absolute Gasteiger partial charge is 0.329 e. The van der Waals surface area contributed by atoms with Crippen molar-refractivity contribution < 1.29 is 9.59 Å². The molecule has 0 atom stereocenters. The third-order valence-corrected chi connectivity index (χ3v) is 4.29. The Kier molecular flexibility index (Phi) is 27.0. The number of aliphatic imine (C=N–C) groups is 1. The molecule has 4 N–H and O–H groups in total. The minimum absolute atomic E-state index is 0.222. The molecule has 0 aliphatic rings. The molecule has 2 aromatic carbocycles. The van der Waals surface area contributed by atoms with E-state index in [-0.39, 0.29) is 6.54 Å². The maximum atomic E-state index is 9.27. The lowest BCUT2D eigenvalue weighted by molar-refractivity contribution is -0.106. The number of hydrazine groups is 2. The van der Waals surface area contributed by atoms with Gasteiger partial charge in [0.25, 0.3) is 0 Å². The van der Waals surface area contributed by atoms with Crippen molar-refractivity contribution in [1.82, 2.24) is 16.3 Å². The van der Waals surface area contributed by atoms with Crippen molar-refractivity contribution in [1.29, 1.82) is 0 Å².